The molecule has 7 nitrogen and oxygen atoms in total. The number of hydrogen-bond acceptors (Lipinski definition) is 6. The van der Waals surface area contributed by atoms with Crippen LogP contribution in [0.2, 0.25) is 5.02 Å². The first-order valence-corrected chi connectivity index (χ1v) is 8.64. The van der Waals surface area contributed by atoms with Crippen LogP contribution in [0.5, 0.6) is 0 Å². The first-order chi connectivity index (χ1) is 10.7. The third kappa shape index (κ3) is 3.96. The summed E-state index contributed by atoms with van der Waals surface area (Å²) in [7, 11) is -2.69. The molecule has 0 spiro atoms. The number of halogens is 1. The fourth-order valence-electron chi connectivity index (χ4n) is 1.88. The highest BCUT2D eigenvalue weighted by Gasteiger charge is 2.20. The highest BCUT2D eigenvalue weighted by molar-refractivity contribution is 7.90. The summed E-state index contributed by atoms with van der Waals surface area (Å²) in [5, 5.41) is -0.00327. The summed E-state index contributed by atoms with van der Waals surface area (Å²) < 4.78 is 29.1. The monoisotopic (exact) mass is 356 g/mol. The number of methoxy groups -OCH3 is 1. The molecule has 23 heavy (non-hydrogen) atoms. The van der Waals surface area contributed by atoms with Crippen molar-refractivity contribution in [1.29, 1.82) is 0 Å². The van der Waals surface area contributed by atoms with E-state index in [1.807, 2.05) is 0 Å². The molecule has 0 aliphatic heterocycles. The third-order valence-corrected chi connectivity index (χ3v) is 4.19. The molecule has 1 heterocycles. The molecule has 0 N–H and O–H groups in total. The number of ether oxygens (including phenoxy) is 1. The Morgan fingerprint density at radius 2 is 1.91 bits per heavy atom. The lowest BCUT2D eigenvalue weighted by Gasteiger charge is -2.11. The molecular formula is C14H13ClN2O5S. The summed E-state index contributed by atoms with van der Waals surface area (Å²) >= 11 is 5.80. The van der Waals surface area contributed by atoms with Crippen LogP contribution in [-0.2, 0) is 25.9 Å². The van der Waals surface area contributed by atoms with Crippen molar-refractivity contribution < 1.29 is 17.9 Å². The van der Waals surface area contributed by atoms with Gasteiger partial charge in [0.05, 0.1) is 12.8 Å². The molecule has 1 aromatic carbocycles. The second kappa shape index (κ2) is 6.51. The number of benzene rings is 1. The Hall–Kier alpha value is -2.19. The van der Waals surface area contributed by atoms with Gasteiger partial charge in [0.1, 0.15) is 6.54 Å². The minimum absolute atomic E-state index is 0.174. The van der Waals surface area contributed by atoms with Gasteiger partial charge in [-0.2, -0.15) is 0 Å². The number of sulfone groups is 1. The van der Waals surface area contributed by atoms with Gasteiger partial charge in [-0.15, -0.1) is 0 Å². The SMILES string of the molecule is COC(=O)Cn1c(S(C)(=O)=O)nc(-c2ccc(Cl)cc2)cc1=O. The molecule has 2 aromatic rings. The zero-order valence-electron chi connectivity index (χ0n) is 12.3. The number of esters is 1. The van der Waals surface area contributed by atoms with Gasteiger partial charge in [-0.05, 0) is 12.1 Å². The Kier molecular flexibility index (Phi) is 4.86. The van der Waals surface area contributed by atoms with Crippen molar-refractivity contribution in [2.75, 3.05) is 13.4 Å². The van der Waals surface area contributed by atoms with E-state index in [9.17, 15) is 18.0 Å². The first-order valence-electron chi connectivity index (χ1n) is 6.37. The molecule has 0 atom stereocenters. The molecule has 0 aliphatic rings. The minimum Gasteiger partial charge on any atom is -0.468 e. The van der Waals surface area contributed by atoms with Crippen molar-refractivity contribution in [2.24, 2.45) is 0 Å². The van der Waals surface area contributed by atoms with Crippen LogP contribution in [-0.4, -0.2) is 37.3 Å². The molecule has 122 valence electrons. The zero-order valence-corrected chi connectivity index (χ0v) is 13.9. The first kappa shape index (κ1) is 17.2. The number of rotatable bonds is 4. The summed E-state index contributed by atoms with van der Waals surface area (Å²) in [6.07, 6.45) is 0.911. The smallest absolute Gasteiger partial charge is 0.325 e. The van der Waals surface area contributed by atoms with Gasteiger partial charge in [0.2, 0.25) is 15.0 Å². The van der Waals surface area contributed by atoms with E-state index >= 15 is 0 Å². The van der Waals surface area contributed by atoms with Crippen molar-refractivity contribution in [2.45, 2.75) is 11.7 Å². The molecule has 0 aliphatic carbocycles. The number of carbonyl (C=O) groups excluding carboxylic acids is 1. The van der Waals surface area contributed by atoms with Gasteiger partial charge in [-0.1, -0.05) is 23.7 Å². The molecule has 1 aromatic heterocycles. The van der Waals surface area contributed by atoms with Crippen molar-refractivity contribution in [1.82, 2.24) is 9.55 Å². The van der Waals surface area contributed by atoms with Crippen molar-refractivity contribution in [3.05, 3.63) is 45.7 Å². The predicted molar refractivity (Wildman–Crippen MR) is 84.1 cm³/mol. The third-order valence-electron chi connectivity index (χ3n) is 2.96. The number of hydrogen-bond donors (Lipinski definition) is 0. The Morgan fingerprint density at radius 3 is 2.43 bits per heavy atom. The van der Waals surface area contributed by atoms with E-state index in [1.54, 1.807) is 24.3 Å². The number of carbonyl (C=O) groups is 1. The molecular weight excluding hydrogens is 344 g/mol. The summed E-state index contributed by atoms with van der Waals surface area (Å²) in [5.41, 5.74) is 0.0330. The van der Waals surface area contributed by atoms with Crippen LogP contribution in [0.4, 0.5) is 0 Å². The number of aromatic nitrogens is 2. The summed E-state index contributed by atoms with van der Waals surface area (Å²) in [6, 6.07) is 7.57. The fraction of sp³-hybridized carbons (Fsp3) is 0.214. The average Bonchev–Trinajstić information content (AvgIpc) is 2.48. The molecule has 0 saturated heterocycles. The van der Waals surface area contributed by atoms with Gasteiger partial charge in [0, 0.05) is 22.9 Å². The van der Waals surface area contributed by atoms with Gasteiger partial charge in [0.15, 0.2) is 0 Å². The summed E-state index contributed by atoms with van der Waals surface area (Å²) in [4.78, 5) is 27.6. The quantitative estimate of drug-likeness (QED) is 0.602. The molecule has 0 radical (unpaired) electrons. The Balaban J connectivity index is 2.66. The van der Waals surface area contributed by atoms with E-state index < -0.39 is 33.1 Å². The van der Waals surface area contributed by atoms with Crippen LogP contribution in [0.25, 0.3) is 11.3 Å². The summed E-state index contributed by atoms with van der Waals surface area (Å²) in [6.45, 7) is -0.536. The van der Waals surface area contributed by atoms with Gasteiger partial charge >= 0.3 is 5.97 Å². The maximum Gasteiger partial charge on any atom is 0.325 e. The van der Waals surface area contributed by atoms with Gasteiger partial charge in [-0.25, -0.2) is 13.4 Å². The Labute approximate surface area is 137 Å². The maximum atomic E-state index is 12.2. The highest BCUT2D eigenvalue weighted by Crippen LogP contribution is 2.20. The van der Waals surface area contributed by atoms with E-state index in [2.05, 4.69) is 9.72 Å². The van der Waals surface area contributed by atoms with Crippen LogP contribution in [0, 0.1) is 0 Å². The fourth-order valence-corrected chi connectivity index (χ4v) is 2.82. The van der Waals surface area contributed by atoms with Crippen LogP contribution >= 0.6 is 11.6 Å². The van der Waals surface area contributed by atoms with E-state index in [0.29, 0.717) is 10.6 Å². The van der Waals surface area contributed by atoms with Crippen LogP contribution < -0.4 is 5.56 Å². The lowest BCUT2D eigenvalue weighted by Crippen LogP contribution is -2.30. The molecule has 2 rings (SSSR count). The average molecular weight is 357 g/mol. The van der Waals surface area contributed by atoms with Gasteiger partial charge < -0.3 is 4.74 Å². The standard InChI is InChI=1S/C14H13ClN2O5S/c1-22-13(19)8-17-12(18)7-11(16-14(17)23(2,20)21)9-3-5-10(15)6-4-9/h3-7H,8H2,1-2H3. The summed E-state index contributed by atoms with van der Waals surface area (Å²) in [5.74, 6) is -0.752. The Bertz CT molecular complexity index is 904. The predicted octanol–water partition coefficient (Wildman–Crippen LogP) is 1.14. The minimum atomic E-state index is -3.83. The molecule has 0 amide bonds. The van der Waals surface area contributed by atoms with Crippen LogP contribution in [0.1, 0.15) is 0 Å². The van der Waals surface area contributed by atoms with E-state index in [4.69, 9.17) is 11.6 Å². The van der Waals surface area contributed by atoms with Crippen molar-refractivity contribution in [3.8, 4) is 11.3 Å². The molecule has 0 saturated carbocycles. The van der Waals surface area contributed by atoms with E-state index in [0.717, 1.165) is 24.0 Å². The topological polar surface area (TPSA) is 95.3 Å². The Morgan fingerprint density at radius 1 is 1.30 bits per heavy atom. The van der Waals surface area contributed by atoms with Gasteiger partial charge in [-0.3, -0.25) is 14.2 Å². The second-order valence-corrected chi connectivity index (χ2v) is 7.05. The number of nitrogens with zero attached hydrogens (tertiary/aromatic N) is 2. The van der Waals surface area contributed by atoms with Crippen molar-refractivity contribution >= 4 is 27.4 Å². The van der Waals surface area contributed by atoms with E-state index in [-0.39, 0.29) is 5.69 Å². The lowest BCUT2D eigenvalue weighted by molar-refractivity contribution is -0.141. The molecule has 9 heteroatoms. The van der Waals surface area contributed by atoms with Crippen LogP contribution in [0.3, 0.4) is 0 Å². The maximum absolute atomic E-state index is 12.2. The lowest BCUT2D eigenvalue weighted by atomic mass is 10.1. The molecule has 0 bridgehead atoms. The van der Waals surface area contributed by atoms with E-state index in [1.165, 1.54) is 0 Å². The van der Waals surface area contributed by atoms with Crippen molar-refractivity contribution in [3.63, 3.8) is 0 Å². The molecule has 0 unspecified atom stereocenters. The zero-order chi connectivity index (χ0) is 17.2. The molecule has 0 fully saturated rings. The highest BCUT2D eigenvalue weighted by atomic mass is 35.5. The normalized spacial score (nSPS) is 11.3. The largest absolute Gasteiger partial charge is 0.468 e. The van der Waals surface area contributed by atoms with Crippen LogP contribution in [0.15, 0.2) is 40.3 Å². The second-order valence-electron chi connectivity index (χ2n) is 4.70. The van der Waals surface area contributed by atoms with Gasteiger partial charge in [0.25, 0.3) is 5.56 Å².